The van der Waals surface area contributed by atoms with Gasteiger partial charge in [-0.05, 0) is 17.5 Å². The van der Waals surface area contributed by atoms with Crippen molar-refractivity contribution in [2.75, 3.05) is 6.54 Å². The van der Waals surface area contributed by atoms with Crippen LogP contribution in [0, 0.1) is 11.3 Å². The lowest BCUT2D eigenvalue weighted by Gasteiger charge is -2.28. The van der Waals surface area contributed by atoms with Gasteiger partial charge in [-0.25, -0.2) is 0 Å². The number of fused-ring (bicyclic) bond motifs is 1. The number of hydrogen-bond donors (Lipinski definition) is 0. The molecule has 0 aliphatic carbocycles. The standard InChI is InChI=1S/C12H12N2O/c13-7-5-12(15)14-8-6-10-3-1-2-4-11(10)9-14/h1-4H,5-6,8-9H2. The first-order valence-corrected chi connectivity index (χ1v) is 5.03. The molecule has 3 nitrogen and oxygen atoms in total. The Labute approximate surface area is 88.9 Å². The van der Waals surface area contributed by atoms with Crippen molar-refractivity contribution in [1.82, 2.24) is 4.90 Å². The van der Waals surface area contributed by atoms with Crippen molar-refractivity contribution in [3.63, 3.8) is 0 Å². The van der Waals surface area contributed by atoms with Crippen LogP contribution in [0.15, 0.2) is 24.3 Å². The van der Waals surface area contributed by atoms with Gasteiger partial charge in [0.05, 0.1) is 6.07 Å². The van der Waals surface area contributed by atoms with E-state index in [1.165, 1.54) is 11.1 Å². The fraction of sp³-hybridized carbons (Fsp3) is 0.333. The fourth-order valence-corrected chi connectivity index (χ4v) is 1.89. The first kappa shape index (κ1) is 9.72. The van der Waals surface area contributed by atoms with Gasteiger partial charge in [0, 0.05) is 13.1 Å². The van der Waals surface area contributed by atoms with E-state index in [0.717, 1.165) is 13.0 Å². The Bertz CT molecular complexity index is 420. The van der Waals surface area contributed by atoms with Gasteiger partial charge in [-0.15, -0.1) is 0 Å². The van der Waals surface area contributed by atoms with Crippen LogP contribution in [-0.4, -0.2) is 17.4 Å². The molecule has 1 heterocycles. The number of nitrogens with zero attached hydrogens (tertiary/aromatic N) is 2. The maximum absolute atomic E-state index is 11.5. The summed E-state index contributed by atoms with van der Waals surface area (Å²) in [5.74, 6) is -0.0630. The monoisotopic (exact) mass is 200 g/mol. The number of carbonyl (C=O) groups is 1. The van der Waals surface area contributed by atoms with Gasteiger partial charge in [-0.3, -0.25) is 4.79 Å². The SMILES string of the molecule is N#CCC(=O)N1CCc2ccccc2C1. The molecule has 1 aromatic rings. The van der Waals surface area contributed by atoms with Crippen LogP contribution in [0.4, 0.5) is 0 Å². The maximum Gasteiger partial charge on any atom is 0.237 e. The quantitative estimate of drug-likeness (QED) is 0.689. The van der Waals surface area contributed by atoms with Gasteiger partial charge in [0.15, 0.2) is 0 Å². The van der Waals surface area contributed by atoms with Crippen LogP contribution in [0.5, 0.6) is 0 Å². The minimum atomic E-state index is -0.0630. The molecule has 0 radical (unpaired) electrons. The molecule has 0 unspecified atom stereocenters. The second kappa shape index (κ2) is 4.14. The molecule has 0 fully saturated rings. The van der Waals surface area contributed by atoms with E-state index in [0.29, 0.717) is 6.54 Å². The molecule has 1 amide bonds. The van der Waals surface area contributed by atoms with Crippen LogP contribution in [0.25, 0.3) is 0 Å². The minimum absolute atomic E-state index is 0.0117. The molecule has 1 aliphatic heterocycles. The Morgan fingerprint density at radius 1 is 1.40 bits per heavy atom. The normalized spacial score (nSPS) is 14.2. The van der Waals surface area contributed by atoms with E-state index in [-0.39, 0.29) is 12.3 Å². The molecule has 15 heavy (non-hydrogen) atoms. The molecule has 0 saturated heterocycles. The molecule has 0 bridgehead atoms. The van der Waals surface area contributed by atoms with Crippen molar-refractivity contribution >= 4 is 5.91 Å². The van der Waals surface area contributed by atoms with Crippen molar-refractivity contribution < 1.29 is 4.79 Å². The summed E-state index contributed by atoms with van der Waals surface area (Å²) in [6.07, 6.45) is 0.884. The number of rotatable bonds is 1. The predicted octanol–water partition coefficient (Wildman–Crippen LogP) is 1.48. The third kappa shape index (κ3) is 1.99. The highest BCUT2D eigenvalue weighted by Crippen LogP contribution is 2.18. The number of benzene rings is 1. The Morgan fingerprint density at radius 2 is 2.13 bits per heavy atom. The number of amides is 1. The fourth-order valence-electron chi connectivity index (χ4n) is 1.89. The Morgan fingerprint density at radius 3 is 2.87 bits per heavy atom. The Balaban J connectivity index is 2.12. The molecule has 0 saturated carbocycles. The van der Waals surface area contributed by atoms with E-state index < -0.39 is 0 Å². The Kier molecular flexibility index (Phi) is 2.68. The molecule has 1 aliphatic rings. The van der Waals surface area contributed by atoms with E-state index in [9.17, 15) is 4.79 Å². The number of nitriles is 1. The van der Waals surface area contributed by atoms with E-state index in [1.54, 1.807) is 4.90 Å². The maximum atomic E-state index is 11.5. The largest absolute Gasteiger partial charge is 0.337 e. The second-order valence-corrected chi connectivity index (χ2v) is 3.67. The van der Waals surface area contributed by atoms with Crippen LogP contribution in [0.3, 0.4) is 0 Å². The van der Waals surface area contributed by atoms with E-state index in [4.69, 9.17) is 5.26 Å². The van der Waals surface area contributed by atoms with Crippen LogP contribution >= 0.6 is 0 Å². The van der Waals surface area contributed by atoms with Crippen molar-refractivity contribution in [1.29, 1.82) is 5.26 Å². The first-order valence-electron chi connectivity index (χ1n) is 5.03. The lowest BCUT2D eigenvalue weighted by Crippen LogP contribution is -2.35. The zero-order chi connectivity index (χ0) is 10.7. The summed E-state index contributed by atoms with van der Waals surface area (Å²) in [7, 11) is 0. The summed E-state index contributed by atoms with van der Waals surface area (Å²) in [5, 5.41) is 8.47. The van der Waals surface area contributed by atoms with Crippen LogP contribution < -0.4 is 0 Å². The summed E-state index contributed by atoms with van der Waals surface area (Å²) in [4.78, 5) is 13.3. The van der Waals surface area contributed by atoms with Gasteiger partial charge in [-0.2, -0.15) is 5.26 Å². The van der Waals surface area contributed by atoms with Gasteiger partial charge in [-0.1, -0.05) is 24.3 Å². The van der Waals surface area contributed by atoms with Gasteiger partial charge < -0.3 is 4.90 Å². The van der Waals surface area contributed by atoms with Crippen molar-refractivity contribution in [2.45, 2.75) is 19.4 Å². The molecular formula is C12H12N2O. The lowest BCUT2D eigenvalue weighted by atomic mass is 10.00. The second-order valence-electron chi connectivity index (χ2n) is 3.67. The number of hydrogen-bond acceptors (Lipinski definition) is 2. The van der Waals surface area contributed by atoms with Crippen molar-refractivity contribution in [2.24, 2.45) is 0 Å². The molecule has 0 aromatic heterocycles. The number of carbonyl (C=O) groups excluding carboxylic acids is 1. The first-order chi connectivity index (χ1) is 7.31. The highest BCUT2D eigenvalue weighted by molar-refractivity contribution is 5.78. The van der Waals surface area contributed by atoms with Crippen LogP contribution in [0.2, 0.25) is 0 Å². The summed E-state index contributed by atoms with van der Waals surface area (Å²) >= 11 is 0. The molecular weight excluding hydrogens is 188 g/mol. The topological polar surface area (TPSA) is 44.1 Å². The minimum Gasteiger partial charge on any atom is -0.337 e. The van der Waals surface area contributed by atoms with E-state index in [1.807, 2.05) is 24.3 Å². The molecule has 2 rings (SSSR count). The summed E-state index contributed by atoms with van der Waals surface area (Å²) < 4.78 is 0. The van der Waals surface area contributed by atoms with Crippen LogP contribution in [0.1, 0.15) is 17.5 Å². The van der Waals surface area contributed by atoms with Gasteiger partial charge in [0.1, 0.15) is 6.42 Å². The van der Waals surface area contributed by atoms with E-state index in [2.05, 4.69) is 6.07 Å². The average molecular weight is 200 g/mol. The summed E-state index contributed by atoms with van der Waals surface area (Å²) in [5.41, 5.74) is 2.52. The molecule has 0 spiro atoms. The predicted molar refractivity (Wildman–Crippen MR) is 55.8 cm³/mol. The molecule has 1 aromatic carbocycles. The molecule has 0 atom stereocenters. The van der Waals surface area contributed by atoms with Crippen LogP contribution in [-0.2, 0) is 17.8 Å². The molecule has 0 N–H and O–H groups in total. The zero-order valence-electron chi connectivity index (χ0n) is 8.44. The molecule has 3 heteroatoms. The van der Waals surface area contributed by atoms with Gasteiger partial charge in [0.25, 0.3) is 0 Å². The third-order valence-corrected chi connectivity index (χ3v) is 2.71. The molecule has 76 valence electrons. The third-order valence-electron chi connectivity index (χ3n) is 2.71. The summed E-state index contributed by atoms with van der Waals surface area (Å²) in [6, 6.07) is 10.0. The highest BCUT2D eigenvalue weighted by atomic mass is 16.2. The van der Waals surface area contributed by atoms with Crippen molar-refractivity contribution in [3.8, 4) is 6.07 Å². The smallest absolute Gasteiger partial charge is 0.237 e. The average Bonchev–Trinajstić information content (AvgIpc) is 2.29. The lowest BCUT2D eigenvalue weighted by molar-refractivity contribution is -0.131. The van der Waals surface area contributed by atoms with Gasteiger partial charge >= 0.3 is 0 Å². The van der Waals surface area contributed by atoms with Gasteiger partial charge in [0.2, 0.25) is 5.91 Å². The zero-order valence-corrected chi connectivity index (χ0v) is 8.44. The van der Waals surface area contributed by atoms with Crippen molar-refractivity contribution in [3.05, 3.63) is 35.4 Å². The highest BCUT2D eigenvalue weighted by Gasteiger charge is 2.19. The van der Waals surface area contributed by atoms with E-state index >= 15 is 0 Å². The summed E-state index contributed by atoms with van der Waals surface area (Å²) in [6.45, 7) is 1.38. The Hall–Kier alpha value is -1.82.